The van der Waals surface area contributed by atoms with Crippen LogP contribution < -0.4 is 5.73 Å². The van der Waals surface area contributed by atoms with E-state index in [0.717, 1.165) is 17.2 Å². The van der Waals surface area contributed by atoms with Gasteiger partial charge in [-0.15, -0.1) is 0 Å². The van der Waals surface area contributed by atoms with Crippen LogP contribution in [0.2, 0.25) is 0 Å². The fraction of sp³-hybridized carbons (Fsp3) is 0.100. The predicted molar refractivity (Wildman–Crippen MR) is 62.0 cm³/mol. The van der Waals surface area contributed by atoms with E-state index in [-0.39, 0.29) is 0 Å². The highest BCUT2D eigenvalue weighted by atomic mass is 32.1. The molecule has 2 aromatic rings. The van der Waals surface area contributed by atoms with Crippen molar-refractivity contribution in [2.24, 2.45) is 5.73 Å². The lowest BCUT2D eigenvalue weighted by molar-refractivity contribution is 0.958. The standard InChI is InChI=1S/C10H10N4S/c1-7-5-9(13-6-12-7)14-4-2-3-8(14)10(11)15/h2-6H,1H3,(H2,11,15). The summed E-state index contributed by atoms with van der Waals surface area (Å²) in [5.41, 5.74) is 7.29. The number of nitrogens with two attached hydrogens (primary N) is 1. The van der Waals surface area contributed by atoms with Crippen molar-refractivity contribution in [3.63, 3.8) is 0 Å². The zero-order chi connectivity index (χ0) is 10.8. The Morgan fingerprint density at radius 2 is 2.27 bits per heavy atom. The highest BCUT2D eigenvalue weighted by molar-refractivity contribution is 7.80. The minimum absolute atomic E-state index is 0.358. The first-order valence-corrected chi connectivity index (χ1v) is 4.85. The van der Waals surface area contributed by atoms with Gasteiger partial charge in [-0.25, -0.2) is 9.97 Å². The Balaban J connectivity index is 2.54. The Hall–Kier alpha value is -1.75. The number of aryl methyl sites for hydroxylation is 1. The van der Waals surface area contributed by atoms with Crippen LogP contribution in [0, 0.1) is 6.92 Å². The molecule has 2 N–H and O–H groups in total. The summed E-state index contributed by atoms with van der Waals surface area (Å²) in [6.45, 7) is 1.91. The van der Waals surface area contributed by atoms with Gasteiger partial charge in [0.2, 0.25) is 0 Å². The second kappa shape index (κ2) is 3.78. The van der Waals surface area contributed by atoms with Crippen molar-refractivity contribution < 1.29 is 0 Å². The molecule has 0 radical (unpaired) electrons. The lowest BCUT2D eigenvalue weighted by Crippen LogP contribution is -2.15. The predicted octanol–water partition coefficient (Wildman–Crippen LogP) is 1.21. The summed E-state index contributed by atoms with van der Waals surface area (Å²) in [5, 5.41) is 0. The number of nitrogens with zero attached hydrogens (tertiary/aromatic N) is 3. The Labute approximate surface area is 92.8 Å². The van der Waals surface area contributed by atoms with Crippen LogP contribution in [0.15, 0.2) is 30.7 Å². The van der Waals surface area contributed by atoms with Gasteiger partial charge in [-0.3, -0.25) is 4.57 Å². The van der Waals surface area contributed by atoms with E-state index in [4.69, 9.17) is 18.0 Å². The molecule has 0 saturated heterocycles. The molecule has 0 amide bonds. The normalized spacial score (nSPS) is 10.2. The second-order valence-electron chi connectivity index (χ2n) is 3.15. The number of hydrogen-bond acceptors (Lipinski definition) is 3. The molecule has 2 heterocycles. The molecule has 15 heavy (non-hydrogen) atoms. The van der Waals surface area contributed by atoms with Crippen molar-refractivity contribution in [1.82, 2.24) is 14.5 Å². The number of aromatic nitrogens is 3. The van der Waals surface area contributed by atoms with Crippen molar-refractivity contribution in [2.45, 2.75) is 6.92 Å². The van der Waals surface area contributed by atoms with E-state index < -0.39 is 0 Å². The average Bonchev–Trinajstić information content (AvgIpc) is 2.65. The molecule has 0 fully saturated rings. The van der Waals surface area contributed by atoms with Crippen molar-refractivity contribution in [3.05, 3.63) is 42.1 Å². The minimum atomic E-state index is 0.358. The van der Waals surface area contributed by atoms with Crippen LogP contribution in [0.25, 0.3) is 5.82 Å². The third kappa shape index (κ3) is 1.87. The molecule has 0 aromatic carbocycles. The highest BCUT2D eigenvalue weighted by Crippen LogP contribution is 2.10. The van der Waals surface area contributed by atoms with E-state index in [1.54, 1.807) is 0 Å². The molecular weight excluding hydrogens is 208 g/mol. The average molecular weight is 218 g/mol. The first kappa shape index (κ1) is 9.79. The number of hydrogen-bond donors (Lipinski definition) is 1. The maximum Gasteiger partial charge on any atom is 0.140 e. The van der Waals surface area contributed by atoms with Crippen LogP contribution >= 0.6 is 12.2 Å². The molecule has 2 rings (SSSR count). The third-order valence-corrected chi connectivity index (χ3v) is 2.25. The smallest absolute Gasteiger partial charge is 0.140 e. The van der Waals surface area contributed by atoms with Crippen LogP contribution in [0.3, 0.4) is 0 Å². The number of thiocarbonyl (C=S) groups is 1. The minimum Gasteiger partial charge on any atom is -0.388 e. The summed E-state index contributed by atoms with van der Waals surface area (Å²) in [5.74, 6) is 0.773. The topological polar surface area (TPSA) is 56.7 Å². The van der Waals surface area contributed by atoms with Gasteiger partial charge in [0.25, 0.3) is 0 Å². The van der Waals surface area contributed by atoms with Gasteiger partial charge in [-0.2, -0.15) is 0 Å². The van der Waals surface area contributed by atoms with Crippen LogP contribution in [0.1, 0.15) is 11.4 Å². The molecule has 0 aliphatic rings. The summed E-state index contributed by atoms with van der Waals surface area (Å²) in [7, 11) is 0. The SMILES string of the molecule is Cc1cc(-n2cccc2C(N)=S)ncn1. The van der Waals surface area contributed by atoms with Crippen molar-refractivity contribution in [3.8, 4) is 5.82 Å². The molecule has 0 aliphatic carbocycles. The maximum absolute atomic E-state index is 5.60. The van der Waals surface area contributed by atoms with Crippen molar-refractivity contribution in [2.75, 3.05) is 0 Å². The monoisotopic (exact) mass is 218 g/mol. The zero-order valence-corrected chi connectivity index (χ0v) is 9.03. The molecule has 0 bridgehead atoms. The van der Waals surface area contributed by atoms with Gasteiger partial charge in [-0.1, -0.05) is 12.2 Å². The Bertz CT molecular complexity index is 504. The van der Waals surface area contributed by atoms with Crippen LogP contribution in [0.5, 0.6) is 0 Å². The second-order valence-corrected chi connectivity index (χ2v) is 3.59. The Morgan fingerprint density at radius 1 is 1.47 bits per heavy atom. The Kier molecular flexibility index (Phi) is 2.47. The molecule has 0 aliphatic heterocycles. The molecule has 0 atom stereocenters. The van der Waals surface area contributed by atoms with E-state index in [9.17, 15) is 0 Å². The van der Waals surface area contributed by atoms with E-state index >= 15 is 0 Å². The van der Waals surface area contributed by atoms with Crippen LogP contribution in [0.4, 0.5) is 0 Å². The summed E-state index contributed by atoms with van der Waals surface area (Å²) < 4.78 is 1.84. The van der Waals surface area contributed by atoms with Crippen molar-refractivity contribution in [1.29, 1.82) is 0 Å². The van der Waals surface area contributed by atoms with E-state index in [1.165, 1.54) is 6.33 Å². The molecule has 0 saturated carbocycles. The molecule has 4 nitrogen and oxygen atoms in total. The molecule has 0 unspecified atom stereocenters. The first-order chi connectivity index (χ1) is 7.18. The van der Waals surface area contributed by atoms with E-state index in [2.05, 4.69) is 9.97 Å². The molecule has 2 aromatic heterocycles. The van der Waals surface area contributed by atoms with Crippen molar-refractivity contribution >= 4 is 17.2 Å². The zero-order valence-electron chi connectivity index (χ0n) is 8.21. The maximum atomic E-state index is 5.60. The largest absolute Gasteiger partial charge is 0.388 e. The number of rotatable bonds is 2. The Morgan fingerprint density at radius 3 is 2.93 bits per heavy atom. The van der Waals surface area contributed by atoms with Gasteiger partial charge >= 0.3 is 0 Å². The fourth-order valence-corrected chi connectivity index (χ4v) is 1.52. The van der Waals surface area contributed by atoms with Crippen LogP contribution in [-0.2, 0) is 0 Å². The lowest BCUT2D eigenvalue weighted by atomic mass is 10.4. The summed E-state index contributed by atoms with van der Waals surface area (Å²) in [6, 6.07) is 5.62. The van der Waals surface area contributed by atoms with Gasteiger partial charge in [-0.05, 0) is 19.1 Å². The van der Waals surface area contributed by atoms with E-state index in [1.807, 2.05) is 35.9 Å². The van der Waals surface area contributed by atoms with Gasteiger partial charge in [0.15, 0.2) is 0 Å². The van der Waals surface area contributed by atoms with Gasteiger partial charge < -0.3 is 5.73 Å². The fourth-order valence-electron chi connectivity index (χ4n) is 1.35. The summed E-state index contributed by atoms with van der Waals surface area (Å²) >= 11 is 4.95. The third-order valence-electron chi connectivity index (χ3n) is 2.04. The van der Waals surface area contributed by atoms with Crippen LogP contribution in [-0.4, -0.2) is 19.5 Å². The first-order valence-electron chi connectivity index (χ1n) is 4.44. The molecule has 76 valence electrons. The quantitative estimate of drug-likeness (QED) is 0.770. The van der Waals surface area contributed by atoms with Gasteiger partial charge in [0, 0.05) is 18.0 Å². The molecular formula is C10H10N4S. The lowest BCUT2D eigenvalue weighted by Gasteiger charge is -2.06. The van der Waals surface area contributed by atoms with Gasteiger partial charge in [0.1, 0.15) is 17.1 Å². The van der Waals surface area contributed by atoms with Gasteiger partial charge in [0.05, 0.1) is 5.69 Å². The molecule has 0 spiro atoms. The summed E-state index contributed by atoms with van der Waals surface area (Å²) in [6.07, 6.45) is 3.39. The van der Waals surface area contributed by atoms with E-state index in [0.29, 0.717) is 4.99 Å². The highest BCUT2D eigenvalue weighted by Gasteiger charge is 2.06. The molecule has 5 heteroatoms. The summed E-state index contributed by atoms with van der Waals surface area (Å²) in [4.78, 5) is 8.56.